The maximum atomic E-state index is 11.6. The van der Waals surface area contributed by atoms with E-state index in [1.807, 2.05) is 14.0 Å². The third-order valence-corrected chi connectivity index (χ3v) is 2.65. The van der Waals surface area contributed by atoms with Crippen molar-refractivity contribution in [2.45, 2.75) is 19.4 Å². The van der Waals surface area contributed by atoms with Gasteiger partial charge in [-0.05, 0) is 7.05 Å². The van der Waals surface area contributed by atoms with E-state index in [0.29, 0.717) is 19.5 Å². The Morgan fingerprint density at radius 1 is 1.67 bits per heavy atom. The van der Waals surface area contributed by atoms with E-state index in [9.17, 15) is 9.59 Å². The van der Waals surface area contributed by atoms with Crippen LogP contribution in [0.3, 0.4) is 0 Å². The van der Waals surface area contributed by atoms with E-state index in [1.54, 1.807) is 11.9 Å². The third-order valence-electron chi connectivity index (χ3n) is 2.65. The van der Waals surface area contributed by atoms with Gasteiger partial charge in [-0.15, -0.1) is 0 Å². The summed E-state index contributed by atoms with van der Waals surface area (Å²) >= 11 is 0. The number of hydrogen-bond acceptors (Lipinski definition) is 3. The third kappa shape index (κ3) is 3.20. The molecule has 1 fully saturated rings. The standard InChI is InChI=1S/C10H19N3O2/c1-7(5-11-2)10(15)12-8-4-9(14)13(3)6-8/h7-8,11H,4-6H2,1-3H3,(H,12,15). The van der Waals surface area contributed by atoms with Crippen molar-refractivity contribution in [3.05, 3.63) is 0 Å². The molecule has 0 radical (unpaired) electrons. The number of rotatable bonds is 4. The zero-order valence-corrected chi connectivity index (χ0v) is 9.54. The molecule has 15 heavy (non-hydrogen) atoms. The molecule has 0 aromatic carbocycles. The first kappa shape index (κ1) is 12.0. The van der Waals surface area contributed by atoms with Gasteiger partial charge >= 0.3 is 0 Å². The molecule has 0 aromatic rings. The van der Waals surface area contributed by atoms with Crippen molar-refractivity contribution in [2.75, 3.05) is 27.2 Å². The van der Waals surface area contributed by atoms with Crippen LogP contribution in [0.2, 0.25) is 0 Å². The molecule has 1 rings (SSSR count). The van der Waals surface area contributed by atoms with Gasteiger partial charge in [0.2, 0.25) is 11.8 Å². The largest absolute Gasteiger partial charge is 0.351 e. The molecule has 1 aliphatic heterocycles. The van der Waals surface area contributed by atoms with Crippen molar-refractivity contribution in [1.29, 1.82) is 0 Å². The summed E-state index contributed by atoms with van der Waals surface area (Å²) in [6, 6.07) is -0.0192. The highest BCUT2D eigenvalue weighted by Crippen LogP contribution is 2.08. The van der Waals surface area contributed by atoms with Gasteiger partial charge in [0, 0.05) is 32.5 Å². The minimum Gasteiger partial charge on any atom is -0.351 e. The molecule has 0 aliphatic carbocycles. The first-order chi connectivity index (χ1) is 7.04. The van der Waals surface area contributed by atoms with E-state index in [-0.39, 0.29) is 23.8 Å². The number of nitrogens with one attached hydrogen (secondary N) is 2. The molecule has 0 spiro atoms. The lowest BCUT2D eigenvalue weighted by atomic mass is 10.1. The van der Waals surface area contributed by atoms with E-state index in [0.717, 1.165) is 0 Å². The Morgan fingerprint density at radius 2 is 2.33 bits per heavy atom. The lowest BCUT2D eigenvalue weighted by molar-refractivity contribution is -0.126. The number of likely N-dealkylation sites (N-methyl/N-ethyl adjacent to an activating group) is 1. The molecule has 1 aliphatic rings. The molecule has 5 heteroatoms. The fourth-order valence-electron chi connectivity index (χ4n) is 1.70. The van der Waals surface area contributed by atoms with Crippen LogP contribution >= 0.6 is 0 Å². The highest BCUT2D eigenvalue weighted by molar-refractivity contribution is 5.83. The van der Waals surface area contributed by atoms with Gasteiger partial charge in [0.1, 0.15) is 0 Å². The summed E-state index contributed by atoms with van der Waals surface area (Å²) in [6.45, 7) is 3.14. The number of likely N-dealkylation sites (tertiary alicyclic amines) is 1. The molecule has 0 bridgehead atoms. The second-order valence-electron chi connectivity index (χ2n) is 4.14. The van der Waals surface area contributed by atoms with Crippen molar-refractivity contribution >= 4 is 11.8 Å². The molecule has 2 unspecified atom stereocenters. The van der Waals surface area contributed by atoms with Crippen LogP contribution in [0.1, 0.15) is 13.3 Å². The smallest absolute Gasteiger partial charge is 0.224 e. The molecule has 5 nitrogen and oxygen atoms in total. The van der Waals surface area contributed by atoms with Crippen LogP contribution in [0.4, 0.5) is 0 Å². The second kappa shape index (κ2) is 5.11. The summed E-state index contributed by atoms with van der Waals surface area (Å²) in [5.41, 5.74) is 0. The summed E-state index contributed by atoms with van der Waals surface area (Å²) in [4.78, 5) is 24.5. The van der Waals surface area contributed by atoms with Gasteiger partial charge in [-0.25, -0.2) is 0 Å². The Bertz CT molecular complexity index is 255. The average molecular weight is 213 g/mol. The second-order valence-corrected chi connectivity index (χ2v) is 4.14. The molecule has 2 amide bonds. The molecule has 2 atom stereocenters. The Hall–Kier alpha value is -1.10. The maximum Gasteiger partial charge on any atom is 0.224 e. The summed E-state index contributed by atoms with van der Waals surface area (Å²) in [5.74, 6) is 0.0510. The number of amides is 2. The summed E-state index contributed by atoms with van der Waals surface area (Å²) < 4.78 is 0. The van der Waals surface area contributed by atoms with Gasteiger partial charge < -0.3 is 15.5 Å². The molecule has 0 aromatic heterocycles. The number of carbonyl (C=O) groups is 2. The van der Waals surface area contributed by atoms with E-state index < -0.39 is 0 Å². The van der Waals surface area contributed by atoms with Crippen molar-refractivity contribution in [1.82, 2.24) is 15.5 Å². The Balaban J connectivity index is 2.36. The number of hydrogen-bond donors (Lipinski definition) is 2. The van der Waals surface area contributed by atoms with Crippen LogP contribution in [0.15, 0.2) is 0 Å². The molecule has 2 N–H and O–H groups in total. The Morgan fingerprint density at radius 3 is 2.80 bits per heavy atom. The molecule has 1 heterocycles. The van der Waals surface area contributed by atoms with Crippen LogP contribution in [-0.2, 0) is 9.59 Å². The van der Waals surface area contributed by atoms with E-state index in [1.165, 1.54) is 0 Å². The average Bonchev–Trinajstić information content (AvgIpc) is 2.46. The maximum absolute atomic E-state index is 11.6. The van der Waals surface area contributed by atoms with E-state index >= 15 is 0 Å². The van der Waals surface area contributed by atoms with Gasteiger partial charge in [-0.1, -0.05) is 6.92 Å². The molecule has 86 valence electrons. The van der Waals surface area contributed by atoms with Gasteiger partial charge in [-0.3, -0.25) is 9.59 Å². The summed E-state index contributed by atoms with van der Waals surface area (Å²) in [7, 11) is 3.57. The van der Waals surface area contributed by atoms with Crippen molar-refractivity contribution in [2.24, 2.45) is 5.92 Å². The van der Waals surface area contributed by atoms with Gasteiger partial charge in [0.05, 0.1) is 6.04 Å². The zero-order valence-electron chi connectivity index (χ0n) is 9.54. The normalized spacial score (nSPS) is 23.0. The van der Waals surface area contributed by atoms with Gasteiger partial charge in [-0.2, -0.15) is 0 Å². The van der Waals surface area contributed by atoms with Gasteiger partial charge in [0.25, 0.3) is 0 Å². The quantitative estimate of drug-likeness (QED) is 0.642. The van der Waals surface area contributed by atoms with Crippen molar-refractivity contribution in [3.8, 4) is 0 Å². The van der Waals surface area contributed by atoms with Crippen LogP contribution < -0.4 is 10.6 Å². The Labute approximate surface area is 90.2 Å². The Kier molecular flexibility index (Phi) is 4.08. The zero-order chi connectivity index (χ0) is 11.4. The minimum absolute atomic E-state index is 0.0115. The van der Waals surface area contributed by atoms with Crippen LogP contribution in [-0.4, -0.2) is 49.9 Å². The van der Waals surface area contributed by atoms with Crippen LogP contribution in [0.5, 0.6) is 0 Å². The molecular weight excluding hydrogens is 194 g/mol. The molecule has 1 saturated heterocycles. The summed E-state index contributed by atoms with van der Waals surface area (Å²) in [6.07, 6.45) is 0.425. The highest BCUT2D eigenvalue weighted by Gasteiger charge is 2.28. The predicted molar refractivity (Wildman–Crippen MR) is 57.3 cm³/mol. The van der Waals surface area contributed by atoms with E-state index in [4.69, 9.17) is 0 Å². The molecule has 0 saturated carbocycles. The van der Waals surface area contributed by atoms with Gasteiger partial charge in [0.15, 0.2) is 0 Å². The fraction of sp³-hybridized carbons (Fsp3) is 0.800. The first-order valence-electron chi connectivity index (χ1n) is 5.23. The number of nitrogens with zero attached hydrogens (tertiary/aromatic N) is 1. The molecular formula is C10H19N3O2. The monoisotopic (exact) mass is 213 g/mol. The predicted octanol–water partition coefficient (Wildman–Crippen LogP) is -0.811. The minimum atomic E-state index is -0.0593. The van der Waals surface area contributed by atoms with Crippen molar-refractivity contribution < 1.29 is 9.59 Å². The lowest BCUT2D eigenvalue weighted by Gasteiger charge is -2.16. The number of carbonyl (C=O) groups excluding carboxylic acids is 2. The topological polar surface area (TPSA) is 61.4 Å². The SMILES string of the molecule is CNCC(C)C(=O)NC1CC(=O)N(C)C1. The summed E-state index contributed by atoms with van der Waals surface area (Å²) in [5, 5.41) is 5.84. The highest BCUT2D eigenvalue weighted by atomic mass is 16.2. The van der Waals surface area contributed by atoms with Crippen molar-refractivity contribution in [3.63, 3.8) is 0 Å². The first-order valence-corrected chi connectivity index (χ1v) is 5.23. The lowest BCUT2D eigenvalue weighted by Crippen LogP contribution is -2.41. The fourth-order valence-corrected chi connectivity index (χ4v) is 1.70. The van der Waals surface area contributed by atoms with E-state index in [2.05, 4.69) is 10.6 Å². The van der Waals surface area contributed by atoms with Crippen LogP contribution in [0, 0.1) is 5.92 Å². The van der Waals surface area contributed by atoms with Crippen LogP contribution in [0.25, 0.3) is 0 Å².